The summed E-state index contributed by atoms with van der Waals surface area (Å²) in [5.74, 6) is 0.965. The molecule has 88 valence electrons. The van der Waals surface area contributed by atoms with Crippen molar-refractivity contribution in [1.82, 2.24) is 4.98 Å². The molecule has 0 aliphatic rings. The van der Waals surface area contributed by atoms with Gasteiger partial charge in [0.15, 0.2) is 0 Å². The van der Waals surface area contributed by atoms with Crippen LogP contribution >= 0.6 is 0 Å². The lowest BCUT2D eigenvalue weighted by molar-refractivity contribution is 0.394. The zero-order valence-electron chi connectivity index (χ0n) is 9.61. The van der Waals surface area contributed by atoms with Gasteiger partial charge >= 0.3 is 0 Å². The van der Waals surface area contributed by atoms with Gasteiger partial charge in [-0.25, -0.2) is 4.39 Å². The van der Waals surface area contributed by atoms with E-state index in [1.54, 1.807) is 32.4 Å². The molecule has 1 aromatic carbocycles. The van der Waals surface area contributed by atoms with E-state index >= 15 is 0 Å². The van der Waals surface area contributed by atoms with Gasteiger partial charge in [-0.05, 0) is 18.2 Å². The van der Waals surface area contributed by atoms with E-state index in [-0.39, 0.29) is 5.82 Å². The molecule has 0 amide bonds. The molecule has 0 aliphatic heterocycles. The van der Waals surface area contributed by atoms with E-state index in [4.69, 9.17) is 9.47 Å². The third-order valence-electron chi connectivity index (χ3n) is 2.37. The van der Waals surface area contributed by atoms with Crippen LogP contribution in [0.5, 0.6) is 11.5 Å². The molecule has 0 N–H and O–H groups in total. The van der Waals surface area contributed by atoms with Crippen molar-refractivity contribution in [3.63, 3.8) is 0 Å². The van der Waals surface area contributed by atoms with Gasteiger partial charge in [0.1, 0.15) is 17.3 Å². The second kappa shape index (κ2) is 4.82. The molecular weight excluding hydrogens is 221 g/mol. The van der Waals surface area contributed by atoms with Crippen molar-refractivity contribution in [1.29, 1.82) is 0 Å². The van der Waals surface area contributed by atoms with Gasteiger partial charge in [-0.2, -0.15) is 0 Å². The Morgan fingerprint density at radius 2 is 1.65 bits per heavy atom. The van der Waals surface area contributed by atoms with Crippen molar-refractivity contribution in [3.05, 3.63) is 42.3 Å². The summed E-state index contributed by atoms with van der Waals surface area (Å²) >= 11 is 0. The van der Waals surface area contributed by atoms with E-state index in [9.17, 15) is 4.39 Å². The summed E-state index contributed by atoms with van der Waals surface area (Å²) in [5, 5.41) is 0. The number of ether oxygens (including phenoxy) is 2. The molecule has 1 heterocycles. The minimum absolute atomic E-state index is 0.322. The molecule has 0 radical (unpaired) electrons. The maximum atomic E-state index is 13.1. The molecule has 0 unspecified atom stereocenters. The van der Waals surface area contributed by atoms with Gasteiger partial charge < -0.3 is 9.47 Å². The topological polar surface area (TPSA) is 31.4 Å². The summed E-state index contributed by atoms with van der Waals surface area (Å²) in [6.07, 6.45) is 1.43. The zero-order chi connectivity index (χ0) is 12.3. The molecule has 4 heteroatoms. The van der Waals surface area contributed by atoms with E-state index in [0.29, 0.717) is 17.2 Å². The number of hydrogen-bond acceptors (Lipinski definition) is 3. The Morgan fingerprint density at radius 1 is 1.00 bits per heavy atom. The largest absolute Gasteiger partial charge is 0.497 e. The van der Waals surface area contributed by atoms with Crippen molar-refractivity contribution in [2.24, 2.45) is 0 Å². The third-order valence-corrected chi connectivity index (χ3v) is 2.37. The molecule has 0 fully saturated rings. The highest BCUT2D eigenvalue weighted by Crippen LogP contribution is 2.28. The molecule has 0 saturated carbocycles. The monoisotopic (exact) mass is 233 g/mol. The molecule has 1 aromatic heterocycles. The van der Waals surface area contributed by atoms with Gasteiger partial charge in [0.05, 0.1) is 19.9 Å². The van der Waals surface area contributed by atoms with Gasteiger partial charge in [-0.3, -0.25) is 4.98 Å². The van der Waals surface area contributed by atoms with Crippen LogP contribution in [0.25, 0.3) is 11.3 Å². The summed E-state index contributed by atoms with van der Waals surface area (Å²) in [6.45, 7) is 0. The standard InChI is InChI=1S/C13H12FNO2/c1-16-11-5-9(6-12(8-11)17-2)13-7-10(14)3-4-15-13/h3-8H,1-2H3. The fourth-order valence-corrected chi connectivity index (χ4v) is 1.52. The maximum absolute atomic E-state index is 13.1. The second-order valence-electron chi connectivity index (χ2n) is 3.46. The maximum Gasteiger partial charge on any atom is 0.126 e. The minimum Gasteiger partial charge on any atom is -0.497 e. The predicted molar refractivity (Wildman–Crippen MR) is 62.7 cm³/mol. The van der Waals surface area contributed by atoms with E-state index in [2.05, 4.69) is 4.98 Å². The van der Waals surface area contributed by atoms with Crippen LogP contribution in [-0.2, 0) is 0 Å². The second-order valence-corrected chi connectivity index (χ2v) is 3.46. The number of halogens is 1. The number of hydrogen-bond donors (Lipinski definition) is 0. The lowest BCUT2D eigenvalue weighted by Gasteiger charge is -2.08. The van der Waals surface area contributed by atoms with Gasteiger partial charge in [-0.15, -0.1) is 0 Å². The Balaban J connectivity index is 2.50. The number of benzene rings is 1. The van der Waals surface area contributed by atoms with Crippen LogP contribution in [0.4, 0.5) is 4.39 Å². The van der Waals surface area contributed by atoms with E-state index < -0.39 is 0 Å². The quantitative estimate of drug-likeness (QED) is 0.816. The fraction of sp³-hybridized carbons (Fsp3) is 0.154. The number of methoxy groups -OCH3 is 2. The highest BCUT2D eigenvalue weighted by atomic mass is 19.1. The van der Waals surface area contributed by atoms with Crippen molar-refractivity contribution < 1.29 is 13.9 Å². The van der Waals surface area contributed by atoms with Crippen LogP contribution in [-0.4, -0.2) is 19.2 Å². The van der Waals surface area contributed by atoms with Crippen molar-refractivity contribution in [3.8, 4) is 22.8 Å². The van der Waals surface area contributed by atoms with Crippen LogP contribution in [0.2, 0.25) is 0 Å². The third kappa shape index (κ3) is 2.53. The van der Waals surface area contributed by atoms with Crippen molar-refractivity contribution in [2.75, 3.05) is 14.2 Å². The first kappa shape index (κ1) is 11.4. The first-order chi connectivity index (χ1) is 8.22. The molecule has 3 nitrogen and oxygen atoms in total. The molecule has 0 bridgehead atoms. The molecule has 2 rings (SSSR count). The normalized spacial score (nSPS) is 10.1. The van der Waals surface area contributed by atoms with Crippen LogP contribution in [0.15, 0.2) is 36.5 Å². The minimum atomic E-state index is -0.322. The number of nitrogens with zero attached hydrogens (tertiary/aromatic N) is 1. The lowest BCUT2D eigenvalue weighted by atomic mass is 10.1. The average molecular weight is 233 g/mol. The van der Waals surface area contributed by atoms with Gasteiger partial charge in [0.2, 0.25) is 0 Å². The molecule has 2 aromatic rings. The Bertz CT molecular complexity index is 506. The van der Waals surface area contributed by atoms with E-state index in [1.807, 2.05) is 0 Å². The summed E-state index contributed by atoms with van der Waals surface area (Å²) in [7, 11) is 3.13. The SMILES string of the molecule is COc1cc(OC)cc(-c2cc(F)ccn2)c1. The Kier molecular flexibility index (Phi) is 3.23. The summed E-state index contributed by atoms with van der Waals surface area (Å²) in [5.41, 5.74) is 1.29. The van der Waals surface area contributed by atoms with Crippen molar-refractivity contribution in [2.45, 2.75) is 0 Å². The van der Waals surface area contributed by atoms with Gasteiger partial charge in [0.25, 0.3) is 0 Å². The van der Waals surface area contributed by atoms with Crippen LogP contribution in [0.3, 0.4) is 0 Å². The summed E-state index contributed by atoms with van der Waals surface area (Å²) in [6, 6.07) is 7.99. The highest BCUT2D eigenvalue weighted by molar-refractivity contribution is 5.63. The number of pyridine rings is 1. The molecule has 0 saturated heterocycles. The number of rotatable bonds is 3. The van der Waals surface area contributed by atoms with Crippen LogP contribution in [0, 0.1) is 5.82 Å². The van der Waals surface area contributed by atoms with Crippen molar-refractivity contribution >= 4 is 0 Å². The zero-order valence-corrected chi connectivity index (χ0v) is 9.61. The lowest BCUT2D eigenvalue weighted by Crippen LogP contribution is -1.90. The summed E-state index contributed by atoms with van der Waals surface area (Å²) < 4.78 is 23.4. The molecule has 0 atom stereocenters. The summed E-state index contributed by atoms with van der Waals surface area (Å²) in [4.78, 5) is 4.11. The van der Waals surface area contributed by atoms with Gasteiger partial charge in [-0.1, -0.05) is 0 Å². The Morgan fingerprint density at radius 3 is 2.18 bits per heavy atom. The Labute approximate surface area is 98.8 Å². The van der Waals surface area contributed by atoms with E-state index in [0.717, 1.165) is 5.56 Å². The predicted octanol–water partition coefficient (Wildman–Crippen LogP) is 2.90. The van der Waals surface area contributed by atoms with Crippen LogP contribution < -0.4 is 9.47 Å². The average Bonchev–Trinajstić information content (AvgIpc) is 2.38. The molecular formula is C13H12FNO2. The van der Waals surface area contributed by atoms with Crippen LogP contribution in [0.1, 0.15) is 0 Å². The first-order valence-electron chi connectivity index (χ1n) is 5.08. The van der Waals surface area contributed by atoms with E-state index in [1.165, 1.54) is 18.3 Å². The van der Waals surface area contributed by atoms with Gasteiger partial charge in [0, 0.05) is 23.9 Å². The number of aromatic nitrogens is 1. The Hall–Kier alpha value is -2.10. The molecule has 17 heavy (non-hydrogen) atoms. The molecule has 0 aliphatic carbocycles. The molecule has 0 spiro atoms. The highest BCUT2D eigenvalue weighted by Gasteiger charge is 2.06. The fourth-order valence-electron chi connectivity index (χ4n) is 1.52. The smallest absolute Gasteiger partial charge is 0.126 e. The first-order valence-corrected chi connectivity index (χ1v) is 5.08.